The van der Waals surface area contributed by atoms with Crippen molar-refractivity contribution in [2.75, 3.05) is 20.8 Å². The van der Waals surface area contributed by atoms with Crippen molar-refractivity contribution in [1.29, 1.82) is 0 Å². The molecule has 0 heterocycles. The minimum atomic E-state index is -0.529. The van der Waals surface area contributed by atoms with E-state index in [1.165, 1.54) is 20.3 Å². The van der Waals surface area contributed by atoms with Gasteiger partial charge in [-0.05, 0) is 24.7 Å². The van der Waals surface area contributed by atoms with Gasteiger partial charge in [0.2, 0.25) is 0 Å². The van der Waals surface area contributed by atoms with Gasteiger partial charge in [-0.3, -0.25) is 0 Å². The third-order valence-electron chi connectivity index (χ3n) is 2.45. The molecule has 0 radical (unpaired) electrons. The van der Waals surface area contributed by atoms with Gasteiger partial charge in [-0.2, -0.15) is 0 Å². The number of likely N-dealkylation sites (N-methyl/N-ethyl adjacent to an activating group) is 1. The van der Waals surface area contributed by atoms with Crippen molar-refractivity contribution in [2.45, 2.75) is 19.3 Å². The lowest BCUT2D eigenvalue weighted by atomic mass is 10.1. The van der Waals surface area contributed by atoms with Crippen LogP contribution in [0.5, 0.6) is 0 Å². The summed E-state index contributed by atoms with van der Waals surface area (Å²) in [5.74, 6) is -0.279. The molecular formula is C12H17BrFNO2. The normalized spacial score (nSPS) is 13.1. The summed E-state index contributed by atoms with van der Waals surface area (Å²) in [7, 11) is 3.07. The fraction of sp³-hybridized carbons (Fsp3) is 0.500. The zero-order valence-electron chi connectivity index (χ0n) is 10.2. The summed E-state index contributed by atoms with van der Waals surface area (Å²) in [4.78, 5) is 0. The first-order valence-electron chi connectivity index (χ1n) is 5.38. The van der Waals surface area contributed by atoms with Crippen molar-refractivity contribution < 1.29 is 13.9 Å². The van der Waals surface area contributed by atoms with E-state index in [9.17, 15) is 4.39 Å². The summed E-state index contributed by atoms with van der Waals surface area (Å²) in [6, 6.07) is 4.48. The molecule has 3 nitrogen and oxygen atoms in total. The molecule has 0 saturated heterocycles. The smallest absolute Gasteiger partial charge is 0.176 e. The van der Waals surface area contributed by atoms with Crippen LogP contribution in [0, 0.1) is 5.82 Å². The molecular weight excluding hydrogens is 289 g/mol. The SMILES string of the molecule is CCNC(c1cc(Br)ccc1F)C(OC)OC. The maximum absolute atomic E-state index is 13.8. The van der Waals surface area contributed by atoms with Gasteiger partial charge in [0.1, 0.15) is 5.82 Å². The van der Waals surface area contributed by atoms with Gasteiger partial charge in [-0.25, -0.2) is 4.39 Å². The summed E-state index contributed by atoms with van der Waals surface area (Å²) in [6.45, 7) is 2.64. The Labute approximate surface area is 109 Å². The third-order valence-corrected chi connectivity index (χ3v) is 2.95. The first-order valence-corrected chi connectivity index (χ1v) is 6.17. The van der Waals surface area contributed by atoms with Crippen molar-refractivity contribution in [3.05, 3.63) is 34.1 Å². The van der Waals surface area contributed by atoms with Gasteiger partial charge in [0.15, 0.2) is 6.29 Å². The molecule has 1 aromatic carbocycles. The standard InChI is InChI=1S/C12H17BrFNO2/c1-4-15-11(12(16-2)17-3)9-7-8(13)5-6-10(9)14/h5-7,11-12,15H,4H2,1-3H3. The fourth-order valence-corrected chi connectivity index (χ4v) is 2.07. The first kappa shape index (κ1) is 14.6. The average Bonchev–Trinajstić information content (AvgIpc) is 2.33. The Hall–Kier alpha value is -0.490. The number of rotatable bonds is 6. The molecule has 0 aliphatic carbocycles. The molecule has 17 heavy (non-hydrogen) atoms. The second-order valence-electron chi connectivity index (χ2n) is 3.54. The van der Waals surface area contributed by atoms with E-state index in [1.807, 2.05) is 6.92 Å². The minimum absolute atomic E-state index is 0.279. The zero-order chi connectivity index (χ0) is 12.8. The van der Waals surface area contributed by atoms with Gasteiger partial charge in [0, 0.05) is 24.3 Å². The predicted octanol–water partition coefficient (Wildman–Crippen LogP) is 2.86. The van der Waals surface area contributed by atoms with Crippen LogP contribution < -0.4 is 5.32 Å². The Morgan fingerprint density at radius 3 is 2.53 bits per heavy atom. The maximum atomic E-state index is 13.8. The highest BCUT2D eigenvalue weighted by Gasteiger charge is 2.24. The van der Waals surface area contributed by atoms with Crippen molar-refractivity contribution in [1.82, 2.24) is 5.32 Å². The number of hydrogen-bond donors (Lipinski definition) is 1. The van der Waals surface area contributed by atoms with Crippen LogP contribution in [0.1, 0.15) is 18.5 Å². The zero-order valence-corrected chi connectivity index (χ0v) is 11.8. The number of methoxy groups -OCH3 is 2. The number of ether oxygens (including phenoxy) is 2. The topological polar surface area (TPSA) is 30.5 Å². The van der Waals surface area contributed by atoms with Gasteiger partial charge >= 0.3 is 0 Å². The van der Waals surface area contributed by atoms with Crippen LogP contribution in [0.15, 0.2) is 22.7 Å². The van der Waals surface area contributed by atoms with Crippen LogP contribution in [0.3, 0.4) is 0 Å². The molecule has 0 aliphatic rings. The van der Waals surface area contributed by atoms with Crippen molar-refractivity contribution in [2.24, 2.45) is 0 Å². The van der Waals surface area contributed by atoms with E-state index in [0.717, 1.165) is 4.47 Å². The van der Waals surface area contributed by atoms with Gasteiger partial charge in [-0.15, -0.1) is 0 Å². The first-order chi connectivity index (χ1) is 8.13. The second-order valence-corrected chi connectivity index (χ2v) is 4.46. The van der Waals surface area contributed by atoms with Crippen LogP contribution in [0.25, 0.3) is 0 Å². The van der Waals surface area contributed by atoms with E-state index in [0.29, 0.717) is 12.1 Å². The van der Waals surface area contributed by atoms with E-state index >= 15 is 0 Å². The van der Waals surface area contributed by atoms with E-state index < -0.39 is 6.29 Å². The Kier molecular flexibility index (Phi) is 6.05. The fourth-order valence-electron chi connectivity index (χ4n) is 1.69. The van der Waals surface area contributed by atoms with E-state index in [-0.39, 0.29) is 11.9 Å². The molecule has 0 aromatic heterocycles. The average molecular weight is 306 g/mol. The monoisotopic (exact) mass is 305 g/mol. The van der Waals surface area contributed by atoms with Gasteiger partial charge in [-0.1, -0.05) is 22.9 Å². The number of hydrogen-bond acceptors (Lipinski definition) is 3. The quantitative estimate of drug-likeness (QED) is 0.820. The minimum Gasteiger partial charge on any atom is -0.354 e. The van der Waals surface area contributed by atoms with Gasteiger partial charge in [0.25, 0.3) is 0 Å². The summed E-state index contributed by atoms with van der Waals surface area (Å²) < 4.78 is 25.0. The molecule has 0 bridgehead atoms. The Morgan fingerprint density at radius 1 is 1.35 bits per heavy atom. The Balaban J connectivity index is 3.07. The molecule has 1 rings (SSSR count). The summed E-state index contributed by atoms with van der Waals surface area (Å²) >= 11 is 3.33. The lowest BCUT2D eigenvalue weighted by molar-refractivity contribution is -0.124. The molecule has 1 N–H and O–H groups in total. The lowest BCUT2D eigenvalue weighted by Crippen LogP contribution is -2.35. The molecule has 1 atom stereocenters. The molecule has 0 fully saturated rings. The Morgan fingerprint density at radius 2 is 2.00 bits per heavy atom. The number of halogens is 2. The van der Waals surface area contributed by atoms with Crippen molar-refractivity contribution >= 4 is 15.9 Å². The molecule has 0 saturated carbocycles. The van der Waals surface area contributed by atoms with Crippen LogP contribution in [0.4, 0.5) is 4.39 Å². The second kappa shape index (κ2) is 7.06. The number of nitrogens with one attached hydrogen (secondary N) is 1. The largest absolute Gasteiger partial charge is 0.354 e. The number of benzene rings is 1. The van der Waals surface area contributed by atoms with E-state index in [4.69, 9.17) is 9.47 Å². The maximum Gasteiger partial charge on any atom is 0.176 e. The van der Waals surface area contributed by atoms with Crippen LogP contribution in [-0.4, -0.2) is 27.1 Å². The van der Waals surface area contributed by atoms with Crippen LogP contribution in [0.2, 0.25) is 0 Å². The highest BCUT2D eigenvalue weighted by atomic mass is 79.9. The molecule has 0 aliphatic heterocycles. The van der Waals surface area contributed by atoms with Crippen molar-refractivity contribution in [3.8, 4) is 0 Å². The van der Waals surface area contributed by atoms with E-state index in [1.54, 1.807) is 12.1 Å². The Bertz CT molecular complexity index is 358. The highest BCUT2D eigenvalue weighted by Crippen LogP contribution is 2.25. The van der Waals surface area contributed by atoms with Gasteiger partial charge in [0.05, 0.1) is 6.04 Å². The lowest BCUT2D eigenvalue weighted by Gasteiger charge is -2.26. The van der Waals surface area contributed by atoms with Crippen LogP contribution in [-0.2, 0) is 9.47 Å². The molecule has 0 amide bonds. The summed E-state index contributed by atoms with van der Waals surface area (Å²) in [6.07, 6.45) is -0.529. The third kappa shape index (κ3) is 3.74. The molecule has 1 aromatic rings. The summed E-state index contributed by atoms with van der Waals surface area (Å²) in [5, 5.41) is 3.16. The van der Waals surface area contributed by atoms with Crippen LogP contribution >= 0.6 is 15.9 Å². The predicted molar refractivity (Wildman–Crippen MR) is 68.3 cm³/mol. The summed E-state index contributed by atoms with van der Waals surface area (Å²) in [5.41, 5.74) is 0.523. The van der Waals surface area contributed by atoms with E-state index in [2.05, 4.69) is 21.2 Å². The molecule has 1 unspecified atom stereocenters. The molecule has 5 heteroatoms. The highest BCUT2D eigenvalue weighted by molar-refractivity contribution is 9.10. The molecule has 0 spiro atoms. The van der Waals surface area contributed by atoms with Crippen molar-refractivity contribution in [3.63, 3.8) is 0 Å². The molecule has 96 valence electrons. The van der Waals surface area contributed by atoms with Gasteiger partial charge < -0.3 is 14.8 Å².